The molecule has 82 valence electrons. The summed E-state index contributed by atoms with van der Waals surface area (Å²) >= 11 is 0. The van der Waals surface area contributed by atoms with Gasteiger partial charge in [0.25, 0.3) is 0 Å². The number of nitrogens with two attached hydrogens (primary N) is 1. The van der Waals surface area contributed by atoms with E-state index in [0.717, 1.165) is 13.2 Å². The summed E-state index contributed by atoms with van der Waals surface area (Å²) in [7, 11) is 2.08. The third kappa shape index (κ3) is 5.42. The summed E-state index contributed by atoms with van der Waals surface area (Å²) in [5, 5.41) is 7.87. The predicted octanol–water partition coefficient (Wildman–Crippen LogP) is 0.101. The molecular formula is C9H19N3O2. The maximum atomic E-state index is 9.57. The lowest BCUT2D eigenvalue weighted by Crippen LogP contribution is -2.25. The largest absolute Gasteiger partial charge is 0.480 e. The zero-order valence-electron chi connectivity index (χ0n) is 8.97. The van der Waals surface area contributed by atoms with Crippen LogP contribution in [0.4, 0.5) is 0 Å². The van der Waals surface area contributed by atoms with Gasteiger partial charge in [0, 0.05) is 26.0 Å². The number of carboxylic acid groups (broad SMARTS) is 1. The molecule has 0 amide bonds. The molecule has 0 fully saturated rings. The Bertz CT molecular complexity index is 204. The van der Waals surface area contributed by atoms with Crippen LogP contribution < -0.4 is 5.73 Å². The molecule has 0 aromatic heterocycles. The highest BCUT2D eigenvalue weighted by Gasteiger charge is 2.03. The van der Waals surface area contributed by atoms with Gasteiger partial charge in [0.15, 0.2) is 0 Å². The Morgan fingerprint density at radius 2 is 2.14 bits per heavy atom. The fraction of sp³-hybridized carbons (Fsp3) is 0.667. The van der Waals surface area contributed by atoms with E-state index in [1.807, 2.05) is 0 Å². The van der Waals surface area contributed by atoms with Crippen molar-refractivity contribution in [3.05, 3.63) is 12.4 Å². The first-order valence-electron chi connectivity index (χ1n) is 4.58. The molecule has 0 radical (unpaired) electrons. The zero-order valence-corrected chi connectivity index (χ0v) is 8.97. The Morgan fingerprint density at radius 1 is 1.64 bits per heavy atom. The standard InChI is InChI=1S/C6H12N2.C3H7NO2/c1-3-8-5-4-7(2)6-8;1-2(4)3(5)6/h4-5H,3,6H2,1-2H3;2H,4H2,1H3,(H,5,6). The van der Waals surface area contributed by atoms with Crippen molar-refractivity contribution in [2.24, 2.45) is 5.73 Å². The van der Waals surface area contributed by atoms with E-state index in [-0.39, 0.29) is 0 Å². The van der Waals surface area contributed by atoms with Crippen molar-refractivity contribution in [3.63, 3.8) is 0 Å². The van der Waals surface area contributed by atoms with E-state index in [0.29, 0.717) is 0 Å². The Kier molecular flexibility index (Phi) is 5.71. The third-order valence-electron chi connectivity index (χ3n) is 1.73. The molecule has 1 rings (SSSR count). The van der Waals surface area contributed by atoms with Crippen LogP contribution in [0, 0.1) is 0 Å². The van der Waals surface area contributed by atoms with Gasteiger partial charge in [-0.05, 0) is 13.8 Å². The first kappa shape index (κ1) is 12.8. The van der Waals surface area contributed by atoms with Crippen molar-refractivity contribution in [3.8, 4) is 0 Å². The third-order valence-corrected chi connectivity index (χ3v) is 1.73. The molecule has 0 spiro atoms. The summed E-state index contributed by atoms with van der Waals surface area (Å²) in [6, 6.07) is -0.731. The number of rotatable bonds is 2. The minimum Gasteiger partial charge on any atom is -0.480 e. The molecule has 0 aromatic carbocycles. The van der Waals surface area contributed by atoms with Crippen molar-refractivity contribution >= 4 is 5.97 Å². The number of aliphatic carboxylic acids is 1. The fourth-order valence-corrected chi connectivity index (χ4v) is 0.794. The van der Waals surface area contributed by atoms with E-state index in [2.05, 4.69) is 36.2 Å². The van der Waals surface area contributed by atoms with Gasteiger partial charge >= 0.3 is 5.97 Å². The molecule has 1 heterocycles. The Labute approximate surface area is 84.8 Å². The summed E-state index contributed by atoms with van der Waals surface area (Å²) in [5.41, 5.74) is 4.84. The summed E-state index contributed by atoms with van der Waals surface area (Å²) < 4.78 is 0. The minimum atomic E-state index is -0.963. The first-order chi connectivity index (χ1) is 6.47. The number of hydrogen-bond donors (Lipinski definition) is 2. The van der Waals surface area contributed by atoms with Gasteiger partial charge in [-0.3, -0.25) is 4.79 Å². The van der Waals surface area contributed by atoms with Crippen molar-refractivity contribution < 1.29 is 9.90 Å². The van der Waals surface area contributed by atoms with Gasteiger partial charge in [0.05, 0.1) is 6.67 Å². The first-order valence-corrected chi connectivity index (χ1v) is 4.58. The zero-order chi connectivity index (χ0) is 11.1. The van der Waals surface area contributed by atoms with Crippen LogP contribution in [0.15, 0.2) is 12.4 Å². The van der Waals surface area contributed by atoms with Crippen LogP contribution in [0.2, 0.25) is 0 Å². The van der Waals surface area contributed by atoms with Gasteiger partial charge in [-0.25, -0.2) is 0 Å². The van der Waals surface area contributed by atoms with Crippen molar-refractivity contribution in [2.75, 3.05) is 20.3 Å². The number of carbonyl (C=O) groups is 1. The Hall–Kier alpha value is -1.23. The lowest BCUT2D eigenvalue weighted by atomic mass is 10.4. The van der Waals surface area contributed by atoms with Gasteiger partial charge in [0.1, 0.15) is 6.04 Å². The van der Waals surface area contributed by atoms with Gasteiger partial charge in [-0.2, -0.15) is 0 Å². The van der Waals surface area contributed by atoms with E-state index in [1.54, 1.807) is 0 Å². The highest BCUT2D eigenvalue weighted by molar-refractivity contribution is 5.72. The normalized spacial score (nSPS) is 16.3. The van der Waals surface area contributed by atoms with Crippen LogP contribution in [-0.4, -0.2) is 47.2 Å². The van der Waals surface area contributed by atoms with Crippen LogP contribution in [0.5, 0.6) is 0 Å². The molecule has 0 saturated carbocycles. The number of carboxylic acids is 1. The Morgan fingerprint density at radius 3 is 2.29 bits per heavy atom. The molecule has 1 aliphatic rings. The molecule has 14 heavy (non-hydrogen) atoms. The second-order valence-electron chi connectivity index (χ2n) is 3.23. The maximum absolute atomic E-state index is 9.57. The van der Waals surface area contributed by atoms with Gasteiger partial charge in [-0.1, -0.05) is 0 Å². The molecule has 0 aromatic rings. The van der Waals surface area contributed by atoms with Crippen LogP contribution in [-0.2, 0) is 4.79 Å². The molecular weight excluding hydrogens is 182 g/mol. The molecule has 5 heteroatoms. The quantitative estimate of drug-likeness (QED) is 0.663. The summed E-state index contributed by atoms with van der Waals surface area (Å²) in [6.07, 6.45) is 4.20. The van der Waals surface area contributed by atoms with Gasteiger partial charge in [0.2, 0.25) is 0 Å². The van der Waals surface area contributed by atoms with Crippen LogP contribution in [0.25, 0.3) is 0 Å². The predicted molar refractivity (Wildman–Crippen MR) is 55.4 cm³/mol. The number of hydrogen-bond acceptors (Lipinski definition) is 4. The topological polar surface area (TPSA) is 69.8 Å². The minimum absolute atomic E-state index is 0.731. The van der Waals surface area contributed by atoms with E-state index in [9.17, 15) is 4.79 Å². The van der Waals surface area contributed by atoms with E-state index in [4.69, 9.17) is 10.8 Å². The number of nitrogens with zero attached hydrogens (tertiary/aromatic N) is 2. The maximum Gasteiger partial charge on any atom is 0.320 e. The Balaban J connectivity index is 0.000000255. The van der Waals surface area contributed by atoms with Gasteiger partial charge < -0.3 is 20.6 Å². The average molecular weight is 201 g/mol. The second kappa shape index (κ2) is 6.26. The fourth-order valence-electron chi connectivity index (χ4n) is 0.794. The molecule has 1 atom stereocenters. The monoisotopic (exact) mass is 201 g/mol. The summed E-state index contributed by atoms with van der Waals surface area (Å²) in [5.74, 6) is -0.963. The molecule has 0 aliphatic carbocycles. The lowest BCUT2D eigenvalue weighted by molar-refractivity contribution is -0.138. The molecule has 1 unspecified atom stereocenters. The highest BCUT2D eigenvalue weighted by Crippen LogP contribution is 2.00. The smallest absolute Gasteiger partial charge is 0.320 e. The lowest BCUT2D eigenvalue weighted by Gasteiger charge is -2.14. The van der Waals surface area contributed by atoms with Crippen LogP contribution in [0.3, 0.4) is 0 Å². The second-order valence-corrected chi connectivity index (χ2v) is 3.23. The van der Waals surface area contributed by atoms with E-state index < -0.39 is 12.0 Å². The summed E-state index contributed by atoms with van der Waals surface area (Å²) in [4.78, 5) is 14.0. The molecule has 3 N–H and O–H groups in total. The molecule has 5 nitrogen and oxygen atoms in total. The molecule has 0 saturated heterocycles. The van der Waals surface area contributed by atoms with E-state index >= 15 is 0 Å². The SMILES string of the molecule is CC(N)C(=O)O.CCN1C=CN(C)C1. The van der Waals surface area contributed by atoms with E-state index in [1.165, 1.54) is 6.92 Å². The van der Waals surface area contributed by atoms with Crippen LogP contribution >= 0.6 is 0 Å². The summed E-state index contributed by atoms with van der Waals surface area (Å²) in [6.45, 7) is 5.74. The molecule has 0 bridgehead atoms. The average Bonchev–Trinajstić information content (AvgIpc) is 2.52. The molecule has 1 aliphatic heterocycles. The van der Waals surface area contributed by atoms with Crippen molar-refractivity contribution in [1.82, 2.24) is 9.80 Å². The van der Waals surface area contributed by atoms with Crippen molar-refractivity contribution in [2.45, 2.75) is 19.9 Å². The van der Waals surface area contributed by atoms with Crippen LogP contribution in [0.1, 0.15) is 13.8 Å². The van der Waals surface area contributed by atoms with Crippen molar-refractivity contribution in [1.29, 1.82) is 0 Å². The van der Waals surface area contributed by atoms with Gasteiger partial charge in [-0.15, -0.1) is 0 Å². The highest BCUT2D eigenvalue weighted by atomic mass is 16.4.